The Labute approximate surface area is 173 Å². The molecule has 30 heavy (non-hydrogen) atoms. The fourth-order valence-electron chi connectivity index (χ4n) is 3.30. The highest BCUT2D eigenvalue weighted by molar-refractivity contribution is 6.03. The number of benzene rings is 1. The second kappa shape index (κ2) is 8.20. The second-order valence-corrected chi connectivity index (χ2v) is 6.79. The molecule has 152 valence electrons. The molecule has 8 heteroatoms. The summed E-state index contributed by atoms with van der Waals surface area (Å²) < 4.78 is 7.05. The number of pyridine rings is 1. The molecule has 1 amide bonds. The lowest BCUT2D eigenvalue weighted by atomic mass is 10.1. The number of carbonyl (C=O) groups excluding carboxylic acids is 1. The maximum atomic E-state index is 12.8. The molecular formula is C22H22N6O2. The number of amides is 1. The average Bonchev–Trinajstić information content (AvgIpc) is 3.41. The van der Waals surface area contributed by atoms with E-state index in [2.05, 4.69) is 25.6 Å². The molecule has 3 aromatic heterocycles. The van der Waals surface area contributed by atoms with Gasteiger partial charge < -0.3 is 10.1 Å². The van der Waals surface area contributed by atoms with Gasteiger partial charge in [0.2, 0.25) is 0 Å². The Hall–Kier alpha value is -3.94. The van der Waals surface area contributed by atoms with Gasteiger partial charge in [0, 0.05) is 29.7 Å². The highest BCUT2D eigenvalue weighted by Gasteiger charge is 2.18. The number of rotatable bonds is 6. The van der Waals surface area contributed by atoms with Crippen LogP contribution >= 0.6 is 0 Å². The van der Waals surface area contributed by atoms with Crippen molar-refractivity contribution in [2.75, 3.05) is 12.4 Å². The topological polar surface area (TPSA) is 97.7 Å². The Bertz CT molecular complexity index is 1180. The van der Waals surface area contributed by atoms with Gasteiger partial charge in [-0.2, -0.15) is 10.2 Å². The van der Waals surface area contributed by atoms with E-state index in [9.17, 15) is 4.79 Å². The minimum Gasteiger partial charge on any atom is -0.494 e. The molecule has 4 rings (SSSR count). The third-order valence-corrected chi connectivity index (χ3v) is 4.82. The van der Waals surface area contributed by atoms with E-state index in [0.717, 1.165) is 28.1 Å². The normalized spacial score (nSPS) is 10.8. The van der Waals surface area contributed by atoms with E-state index in [1.165, 1.54) is 0 Å². The number of aromatic nitrogens is 5. The van der Waals surface area contributed by atoms with Crippen LogP contribution in [0.15, 0.2) is 55.0 Å². The van der Waals surface area contributed by atoms with Crippen LogP contribution in [0.3, 0.4) is 0 Å². The van der Waals surface area contributed by atoms with Crippen LogP contribution in [-0.2, 0) is 6.42 Å². The molecule has 3 heterocycles. The van der Waals surface area contributed by atoms with Crippen molar-refractivity contribution >= 4 is 11.7 Å². The quantitative estimate of drug-likeness (QED) is 0.511. The number of aromatic amines is 1. The Kier molecular flexibility index (Phi) is 5.30. The van der Waals surface area contributed by atoms with Crippen molar-refractivity contribution in [2.45, 2.75) is 20.3 Å². The molecule has 0 unspecified atom stereocenters. The predicted molar refractivity (Wildman–Crippen MR) is 114 cm³/mol. The molecule has 0 aliphatic rings. The molecule has 0 saturated heterocycles. The molecule has 0 aliphatic heterocycles. The number of nitrogens with one attached hydrogen (secondary N) is 2. The summed E-state index contributed by atoms with van der Waals surface area (Å²) in [4.78, 5) is 16.9. The molecule has 0 aliphatic carbocycles. The van der Waals surface area contributed by atoms with E-state index in [0.29, 0.717) is 18.0 Å². The van der Waals surface area contributed by atoms with Gasteiger partial charge in [0.05, 0.1) is 12.8 Å². The van der Waals surface area contributed by atoms with E-state index in [-0.39, 0.29) is 11.6 Å². The number of nitrogens with zero attached hydrogens (tertiary/aromatic N) is 4. The summed E-state index contributed by atoms with van der Waals surface area (Å²) in [5, 5.41) is 14.6. The van der Waals surface area contributed by atoms with Crippen LogP contribution in [0.25, 0.3) is 16.9 Å². The first-order valence-corrected chi connectivity index (χ1v) is 9.60. The van der Waals surface area contributed by atoms with Crippen LogP contribution < -0.4 is 10.1 Å². The highest BCUT2D eigenvalue weighted by Crippen LogP contribution is 2.27. The molecule has 8 nitrogen and oxygen atoms in total. The number of aryl methyl sites for hydroxylation is 1. The van der Waals surface area contributed by atoms with Crippen LogP contribution in [0, 0.1) is 6.92 Å². The number of hydrogen-bond acceptors (Lipinski definition) is 5. The zero-order chi connectivity index (χ0) is 21.1. The fraction of sp³-hybridized carbons (Fsp3) is 0.182. The molecule has 0 saturated carbocycles. The summed E-state index contributed by atoms with van der Waals surface area (Å²) in [5.41, 5.74) is 4.88. The van der Waals surface area contributed by atoms with Crippen LogP contribution in [0.1, 0.15) is 28.5 Å². The van der Waals surface area contributed by atoms with E-state index >= 15 is 0 Å². The van der Waals surface area contributed by atoms with Crippen LogP contribution in [0.5, 0.6) is 5.75 Å². The average molecular weight is 402 g/mol. The Balaban J connectivity index is 1.59. The molecule has 0 radical (unpaired) electrons. The third-order valence-electron chi connectivity index (χ3n) is 4.82. The number of hydrogen-bond donors (Lipinski definition) is 2. The largest absolute Gasteiger partial charge is 0.494 e. The second-order valence-electron chi connectivity index (χ2n) is 6.79. The van der Waals surface area contributed by atoms with E-state index in [1.54, 1.807) is 36.4 Å². The minimum atomic E-state index is -0.331. The first kappa shape index (κ1) is 19.4. The minimum absolute atomic E-state index is 0.286. The number of ether oxygens (including phenoxy) is 1. The van der Waals surface area contributed by atoms with Gasteiger partial charge in [-0.3, -0.25) is 14.9 Å². The van der Waals surface area contributed by atoms with E-state index < -0.39 is 0 Å². The lowest BCUT2D eigenvalue weighted by Gasteiger charge is -2.09. The summed E-state index contributed by atoms with van der Waals surface area (Å²) in [5.74, 6) is 0.845. The Morgan fingerprint density at radius 2 is 2.00 bits per heavy atom. The number of methoxy groups -OCH3 is 1. The van der Waals surface area contributed by atoms with Crippen LogP contribution in [-0.4, -0.2) is 38.0 Å². The molecular weight excluding hydrogens is 380 g/mol. The molecule has 0 fully saturated rings. The number of H-pyrrole nitrogens is 1. The first-order valence-electron chi connectivity index (χ1n) is 9.60. The summed E-state index contributed by atoms with van der Waals surface area (Å²) in [6.45, 7) is 4.01. The van der Waals surface area contributed by atoms with Crippen molar-refractivity contribution in [2.24, 2.45) is 0 Å². The van der Waals surface area contributed by atoms with Crippen molar-refractivity contribution in [1.82, 2.24) is 25.0 Å². The summed E-state index contributed by atoms with van der Waals surface area (Å²) in [7, 11) is 1.61. The molecule has 0 bridgehead atoms. The molecule has 4 aromatic rings. The van der Waals surface area contributed by atoms with E-state index in [1.807, 2.05) is 44.2 Å². The Morgan fingerprint density at radius 1 is 1.20 bits per heavy atom. The van der Waals surface area contributed by atoms with Gasteiger partial charge in [-0.1, -0.05) is 13.0 Å². The first-order chi connectivity index (χ1) is 14.6. The van der Waals surface area contributed by atoms with Crippen molar-refractivity contribution < 1.29 is 9.53 Å². The summed E-state index contributed by atoms with van der Waals surface area (Å²) >= 11 is 0. The zero-order valence-corrected chi connectivity index (χ0v) is 17.0. The standard InChI is InChI=1S/C22H22N6O2/c1-4-16-20(15-7-10-23-11-8-15)25-26-21(16)24-22(29)17-9-12-28(27-17)18-13-14(2)5-6-19(18)30-3/h5-13H,4H2,1-3H3,(H2,24,25,26,29). The lowest BCUT2D eigenvalue weighted by molar-refractivity contribution is 0.102. The molecule has 2 N–H and O–H groups in total. The van der Waals surface area contributed by atoms with Crippen LogP contribution in [0.4, 0.5) is 5.82 Å². The molecule has 0 spiro atoms. The number of anilines is 1. The zero-order valence-electron chi connectivity index (χ0n) is 17.0. The SMILES string of the molecule is CCc1c(NC(=O)c2ccn(-c3cc(C)ccc3OC)n2)n[nH]c1-c1ccncc1. The summed E-state index contributed by atoms with van der Waals surface area (Å²) in [6.07, 6.45) is 5.89. The van der Waals surface area contributed by atoms with Crippen LogP contribution in [0.2, 0.25) is 0 Å². The Morgan fingerprint density at radius 3 is 2.73 bits per heavy atom. The van der Waals surface area contributed by atoms with Gasteiger partial charge in [-0.05, 0) is 49.2 Å². The van der Waals surface area contributed by atoms with E-state index in [4.69, 9.17) is 4.74 Å². The van der Waals surface area contributed by atoms with Gasteiger partial charge in [-0.15, -0.1) is 0 Å². The fourth-order valence-corrected chi connectivity index (χ4v) is 3.30. The summed E-state index contributed by atoms with van der Waals surface area (Å²) in [6, 6.07) is 11.3. The van der Waals surface area contributed by atoms with Crippen molar-refractivity contribution in [1.29, 1.82) is 0 Å². The number of carbonyl (C=O) groups is 1. The maximum absolute atomic E-state index is 12.8. The predicted octanol–water partition coefficient (Wildman–Crippen LogP) is 3.79. The molecule has 1 aromatic carbocycles. The highest BCUT2D eigenvalue weighted by atomic mass is 16.5. The smallest absolute Gasteiger partial charge is 0.277 e. The van der Waals surface area contributed by atoms with Gasteiger partial charge in [0.1, 0.15) is 11.4 Å². The lowest BCUT2D eigenvalue weighted by Crippen LogP contribution is -2.14. The van der Waals surface area contributed by atoms with Crippen molar-refractivity contribution in [3.8, 4) is 22.7 Å². The maximum Gasteiger partial charge on any atom is 0.277 e. The van der Waals surface area contributed by atoms with Crippen molar-refractivity contribution in [3.05, 3.63) is 71.8 Å². The monoisotopic (exact) mass is 402 g/mol. The molecule has 0 atom stereocenters. The van der Waals surface area contributed by atoms with Gasteiger partial charge in [0.25, 0.3) is 5.91 Å². The third kappa shape index (κ3) is 3.67. The van der Waals surface area contributed by atoms with Gasteiger partial charge >= 0.3 is 0 Å². The van der Waals surface area contributed by atoms with Gasteiger partial charge in [0.15, 0.2) is 11.5 Å². The van der Waals surface area contributed by atoms with Gasteiger partial charge in [-0.25, -0.2) is 4.68 Å². The van der Waals surface area contributed by atoms with Crippen molar-refractivity contribution in [3.63, 3.8) is 0 Å².